The van der Waals surface area contributed by atoms with Crippen LogP contribution in [0.15, 0.2) is 99.5 Å². The number of alkyl halides is 1. The summed E-state index contributed by atoms with van der Waals surface area (Å²) in [6, 6.07) is 15.8. The van der Waals surface area contributed by atoms with E-state index in [1.165, 1.54) is 48.7 Å². The molecule has 0 amide bonds. The minimum absolute atomic E-state index is 0.155. The van der Waals surface area contributed by atoms with Gasteiger partial charge in [-0.25, -0.2) is 25.6 Å². The number of halogens is 5. The van der Waals surface area contributed by atoms with Gasteiger partial charge < -0.3 is 4.98 Å². The topological polar surface area (TPSA) is 84.1 Å². The van der Waals surface area contributed by atoms with Gasteiger partial charge in [0.2, 0.25) is 19.7 Å². The maximum atomic E-state index is 17.8. The third-order valence-electron chi connectivity index (χ3n) is 5.56. The van der Waals surface area contributed by atoms with Crippen LogP contribution >= 0.6 is 39.1 Å². The highest BCUT2D eigenvalue weighted by Crippen LogP contribution is 2.53. The summed E-state index contributed by atoms with van der Waals surface area (Å²) in [6.07, 6.45) is 1.20. The van der Waals surface area contributed by atoms with Crippen LogP contribution in [0, 0.1) is 5.82 Å². The highest BCUT2D eigenvalue weighted by molar-refractivity contribution is 9.10. The van der Waals surface area contributed by atoms with Crippen LogP contribution in [0.4, 0.5) is 8.78 Å². The molecule has 36 heavy (non-hydrogen) atoms. The van der Waals surface area contributed by atoms with Crippen molar-refractivity contribution in [3.05, 3.63) is 117 Å². The largest absolute Gasteiger partial charge is 0.356 e. The van der Waals surface area contributed by atoms with Gasteiger partial charge in [-0.3, -0.25) is 0 Å². The van der Waals surface area contributed by atoms with E-state index in [-0.39, 0.29) is 15.2 Å². The maximum absolute atomic E-state index is 17.8. The van der Waals surface area contributed by atoms with Gasteiger partial charge >= 0.3 is 4.33 Å². The van der Waals surface area contributed by atoms with Crippen LogP contribution in [0.3, 0.4) is 0 Å². The molecular formula is C24H16BrCl2F2NO4S2. The summed E-state index contributed by atoms with van der Waals surface area (Å²) < 4.78 is 84.7. The zero-order valence-corrected chi connectivity index (χ0v) is 22.7. The van der Waals surface area contributed by atoms with E-state index in [0.717, 1.165) is 36.4 Å². The van der Waals surface area contributed by atoms with Crippen LogP contribution in [0.25, 0.3) is 0 Å². The first-order valence-corrected chi connectivity index (χ1v) is 14.7. The van der Waals surface area contributed by atoms with Crippen molar-refractivity contribution in [2.24, 2.45) is 0 Å². The van der Waals surface area contributed by atoms with E-state index >= 15 is 4.39 Å². The summed E-state index contributed by atoms with van der Waals surface area (Å²) in [4.78, 5) is 1.50. The first kappa shape index (κ1) is 26.8. The molecule has 0 saturated carbocycles. The van der Waals surface area contributed by atoms with Crippen molar-refractivity contribution in [1.29, 1.82) is 0 Å². The minimum atomic E-state index is -5.36. The molecule has 1 heterocycles. The smallest absolute Gasteiger partial charge is 0.328 e. The number of sulfone groups is 2. The zero-order chi connectivity index (χ0) is 26.3. The second kappa shape index (κ2) is 9.90. The molecule has 4 rings (SSSR count). The first-order chi connectivity index (χ1) is 16.9. The fourth-order valence-corrected chi connectivity index (χ4v) is 9.37. The number of aromatic nitrogens is 1. The lowest BCUT2D eigenvalue weighted by Crippen LogP contribution is -2.48. The number of nitrogens with one attached hydrogen (secondary N) is 1. The maximum Gasteiger partial charge on any atom is 0.328 e. The molecule has 0 radical (unpaired) electrons. The molecule has 1 atom stereocenters. The Morgan fingerprint density at radius 2 is 1.33 bits per heavy atom. The highest BCUT2D eigenvalue weighted by atomic mass is 79.9. The first-order valence-electron chi connectivity index (χ1n) is 10.2. The summed E-state index contributed by atoms with van der Waals surface area (Å²) in [5.41, 5.74) is -0.691. The summed E-state index contributed by atoms with van der Waals surface area (Å²) in [7, 11) is -10.7. The molecule has 1 N–H and O–H groups in total. The van der Waals surface area contributed by atoms with Gasteiger partial charge in [-0.1, -0.05) is 59.6 Å². The Morgan fingerprint density at radius 1 is 0.833 bits per heavy atom. The van der Waals surface area contributed by atoms with Crippen LogP contribution in [0.5, 0.6) is 0 Å². The summed E-state index contributed by atoms with van der Waals surface area (Å²) in [5.74, 6) is -3.24. The number of hydrogen-bond acceptors (Lipinski definition) is 4. The minimum Gasteiger partial charge on any atom is -0.356 e. The number of aromatic amines is 1. The predicted molar refractivity (Wildman–Crippen MR) is 138 cm³/mol. The van der Waals surface area contributed by atoms with E-state index < -0.39 is 56.1 Å². The zero-order valence-electron chi connectivity index (χ0n) is 18.0. The normalized spacial score (nSPS) is 13.5. The van der Waals surface area contributed by atoms with Crippen molar-refractivity contribution in [3.63, 3.8) is 0 Å². The summed E-state index contributed by atoms with van der Waals surface area (Å²) >= 11 is 15.7. The van der Waals surface area contributed by atoms with Gasteiger partial charge in [0, 0.05) is 16.8 Å². The van der Waals surface area contributed by atoms with E-state index in [9.17, 15) is 21.2 Å². The van der Waals surface area contributed by atoms with Crippen molar-refractivity contribution in [3.8, 4) is 0 Å². The molecule has 0 fully saturated rings. The van der Waals surface area contributed by atoms with Gasteiger partial charge in [0.05, 0.1) is 25.3 Å². The Hall–Kier alpha value is -2.24. The SMILES string of the molecule is O=S(=O)(c1ccccc1)C(F)(C(c1c[nH]c(Br)c1)c1c(Cl)ccc(F)c1Cl)S(=O)(=O)c1ccccc1. The third-order valence-corrected chi connectivity index (χ3v) is 11.8. The molecule has 0 aliphatic rings. The van der Waals surface area contributed by atoms with E-state index in [1.807, 2.05) is 0 Å². The van der Waals surface area contributed by atoms with Gasteiger partial charge in [-0.2, -0.15) is 0 Å². The number of benzene rings is 3. The predicted octanol–water partition coefficient (Wildman–Crippen LogP) is 6.93. The van der Waals surface area contributed by atoms with Crippen molar-refractivity contribution in [2.45, 2.75) is 20.0 Å². The second-order valence-electron chi connectivity index (χ2n) is 7.69. The second-order valence-corrected chi connectivity index (χ2v) is 13.7. The molecule has 0 saturated heterocycles. The van der Waals surface area contributed by atoms with E-state index in [4.69, 9.17) is 23.2 Å². The molecule has 0 aliphatic heterocycles. The molecule has 12 heteroatoms. The lowest BCUT2D eigenvalue weighted by atomic mass is 9.93. The van der Waals surface area contributed by atoms with Gasteiger partial charge in [0.1, 0.15) is 5.82 Å². The molecule has 1 aromatic heterocycles. The molecule has 3 aromatic carbocycles. The Bertz CT molecular complexity index is 1560. The monoisotopic (exact) mass is 633 g/mol. The van der Waals surface area contributed by atoms with Crippen molar-refractivity contribution < 1.29 is 25.6 Å². The van der Waals surface area contributed by atoms with Crippen molar-refractivity contribution in [2.75, 3.05) is 0 Å². The Kier molecular flexibility index (Phi) is 7.38. The molecule has 0 spiro atoms. The van der Waals surface area contributed by atoms with Crippen molar-refractivity contribution in [1.82, 2.24) is 4.98 Å². The fraction of sp³-hybridized carbons (Fsp3) is 0.0833. The Balaban J connectivity index is 2.20. The summed E-state index contributed by atoms with van der Waals surface area (Å²) in [5, 5.41) is -1.03. The van der Waals surface area contributed by atoms with Gasteiger partial charge in [-0.05, 0) is 64.0 Å². The fourth-order valence-electron chi connectivity index (χ4n) is 3.87. The highest BCUT2D eigenvalue weighted by Gasteiger charge is 2.64. The average molecular weight is 635 g/mol. The molecule has 1 unspecified atom stereocenters. The molecule has 0 aliphatic carbocycles. The average Bonchev–Trinajstić information content (AvgIpc) is 3.30. The van der Waals surface area contributed by atoms with E-state index in [0.29, 0.717) is 0 Å². The molecule has 188 valence electrons. The van der Waals surface area contributed by atoms with Gasteiger partial charge in [-0.15, -0.1) is 0 Å². The number of H-pyrrole nitrogens is 1. The number of hydrogen-bond donors (Lipinski definition) is 1. The van der Waals surface area contributed by atoms with E-state index in [1.54, 1.807) is 0 Å². The van der Waals surface area contributed by atoms with Crippen LogP contribution in [0.1, 0.15) is 17.0 Å². The standard InChI is InChI=1S/C24H16BrCl2F2NO4S2/c25-20-13-15(14-30-20)22(21-18(26)11-12-19(28)23(21)27)24(29,35(31,32)16-7-3-1-4-8-16)36(33,34)17-9-5-2-6-10-17/h1-14,22,30H. The van der Waals surface area contributed by atoms with Crippen LogP contribution < -0.4 is 0 Å². The van der Waals surface area contributed by atoms with Crippen LogP contribution in [-0.2, 0) is 19.7 Å². The van der Waals surface area contributed by atoms with Crippen LogP contribution in [-0.4, -0.2) is 26.2 Å². The van der Waals surface area contributed by atoms with Gasteiger partial charge in [0.15, 0.2) is 0 Å². The van der Waals surface area contributed by atoms with Gasteiger partial charge in [0.25, 0.3) is 0 Å². The Morgan fingerprint density at radius 3 is 1.78 bits per heavy atom. The Labute approximate surface area is 225 Å². The van der Waals surface area contributed by atoms with Crippen LogP contribution in [0.2, 0.25) is 10.0 Å². The third kappa shape index (κ3) is 4.28. The van der Waals surface area contributed by atoms with E-state index in [2.05, 4.69) is 20.9 Å². The lowest BCUT2D eigenvalue weighted by Gasteiger charge is -2.34. The number of rotatable bonds is 7. The molecule has 4 aromatic rings. The van der Waals surface area contributed by atoms with Crippen molar-refractivity contribution >= 4 is 58.8 Å². The lowest BCUT2D eigenvalue weighted by molar-refractivity contribution is 0.326. The summed E-state index contributed by atoms with van der Waals surface area (Å²) in [6.45, 7) is 0. The molecular weight excluding hydrogens is 619 g/mol. The molecule has 0 bridgehead atoms. The molecule has 5 nitrogen and oxygen atoms in total. The quantitative estimate of drug-likeness (QED) is 0.224.